The molecule has 1 saturated carbocycles. The zero-order valence-electron chi connectivity index (χ0n) is 20.7. The maximum atomic E-state index is 12.7. The van der Waals surface area contributed by atoms with Crippen LogP contribution in [0.1, 0.15) is 54.4 Å². The zero-order chi connectivity index (χ0) is 26.7. The number of aliphatic carboxylic acids is 1. The normalized spacial score (nSPS) is 19.8. The SMILES string of the molecule is O=C(Nc1ccc(C[C@H](NC2=C(C3SCCCS3)OC23CCCCC3)C(=O)O)cc1)c1c(Cl)cncc1Cl. The van der Waals surface area contributed by atoms with Gasteiger partial charge in [0.2, 0.25) is 0 Å². The van der Waals surface area contributed by atoms with Crippen molar-refractivity contribution in [1.82, 2.24) is 10.3 Å². The molecule has 1 saturated heterocycles. The number of aromatic nitrogens is 1. The van der Waals surface area contributed by atoms with Gasteiger partial charge >= 0.3 is 5.97 Å². The van der Waals surface area contributed by atoms with E-state index in [0.29, 0.717) is 12.1 Å². The molecule has 1 spiro atoms. The van der Waals surface area contributed by atoms with E-state index in [1.54, 1.807) is 12.1 Å². The van der Waals surface area contributed by atoms with E-state index in [9.17, 15) is 14.7 Å². The van der Waals surface area contributed by atoms with Gasteiger partial charge in [0.1, 0.15) is 16.4 Å². The number of pyridine rings is 1. The number of thioether (sulfide) groups is 2. The Hall–Kier alpha value is -2.07. The number of carbonyl (C=O) groups is 2. The third-order valence-corrected chi connectivity index (χ3v) is 10.5. The molecule has 2 aromatic rings. The first-order chi connectivity index (χ1) is 18.4. The maximum absolute atomic E-state index is 12.7. The molecule has 7 nitrogen and oxygen atoms in total. The van der Waals surface area contributed by atoms with E-state index in [1.165, 1.54) is 25.2 Å². The highest BCUT2D eigenvalue weighted by molar-refractivity contribution is 8.17. The Morgan fingerprint density at radius 3 is 2.34 bits per heavy atom. The third-order valence-electron chi connectivity index (χ3n) is 7.06. The van der Waals surface area contributed by atoms with Crippen LogP contribution in [0.15, 0.2) is 48.1 Å². The molecular weight excluding hydrogens is 565 g/mol. The maximum Gasteiger partial charge on any atom is 0.326 e. The van der Waals surface area contributed by atoms with E-state index in [1.807, 2.05) is 35.7 Å². The molecule has 5 rings (SSSR count). The van der Waals surface area contributed by atoms with E-state index in [2.05, 4.69) is 15.6 Å². The van der Waals surface area contributed by atoms with Crippen LogP contribution in [-0.4, -0.2) is 49.7 Å². The quantitative estimate of drug-likeness (QED) is 0.325. The summed E-state index contributed by atoms with van der Waals surface area (Å²) in [6, 6.07) is 6.32. The summed E-state index contributed by atoms with van der Waals surface area (Å²) in [5.74, 6) is 1.77. The Morgan fingerprint density at radius 1 is 1.05 bits per heavy atom. The van der Waals surface area contributed by atoms with Crippen molar-refractivity contribution in [3.8, 4) is 0 Å². The molecule has 2 aliphatic heterocycles. The van der Waals surface area contributed by atoms with E-state index < -0.39 is 17.9 Å². The molecule has 11 heteroatoms. The molecule has 3 N–H and O–H groups in total. The number of benzene rings is 1. The van der Waals surface area contributed by atoms with Crippen molar-refractivity contribution >= 4 is 64.3 Å². The molecule has 2 fully saturated rings. The van der Waals surface area contributed by atoms with Gasteiger partial charge in [0.25, 0.3) is 5.91 Å². The minimum Gasteiger partial charge on any atom is -0.481 e. The number of hydrogen-bond donors (Lipinski definition) is 3. The van der Waals surface area contributed by atoms with Crippen LogP contribution in [0.5, 0.6) is 0 Å². The highest BCUT2D eigenvalue weighted by Crippen LogP contribution is 2.52. The van der Waals surface area contributed by atoms with Crippen LogP contribution in [0.2, 0.25) is 10.0 Å². The highest BCUT2D eigenvalue weighted by atomic mass is 35.5. The Balaban J connectivity index is 1.29. The van der Waals surface area contributed by atoms with Gasteiger partial charge in [0.15, 0.2) is 5.60 Å². The smallest absolute Gasteiger partial charge is 0.326 e. The molecule has 1 aromatic heterocycles. The number of hydrogen-bond acceptors (Lipinski definition) is 7. The van der Waals surface area contributed by atoms with Crippen LogP contribution < -0.4 is 10.6 Å². The Morgan fingerprint density at radius 2 is 1.71 bits per heavy atom. The van der Waals surface area contributed by atoms with Gasteiger partial charge < -0.3 is 20.5 Å². The van der Waals surface area contributed by atoms with Gasteiger partial charge in [0, 0.05) is 24.5 Å². The number of rotatable bonds is 8. The number of carboxylic acids is 1. The monoisotopic (exact) mass is 593 g/mol. The van der Waals surface area contributed by atoms with Crippen LogP contribution in [0, 0.1) is 0 Å². The fraction of sp³-hybridized carbons (Fsp3) is 0.444. The topological polar surface area (TPSA) is 101 Å². The lowest BCUT2D eigenvalue weighted by Gasteiger charge is -2.51. The number of halogens is 2. The minimum absolute atomic E-state index is 0.153. The van der Waals surface area contributed by atoms with Crippen LogP contribution in [0.4, 0.5) is 5.69 Å². The summed E-state index contributed by atoms with van der Waals surface area (Å²) in [6.07, 6.45) is 9.41. The molecule has 38 heavy (non-hydrogen) atoms. The van der Waals surface area contributed by atoms with Gasteiger partial charge in [-0.15, -0.1) is 23.5 Å². The summed E-state index contributed by atoms with van der Waals surface area (Å²) in [4.78, 5) is 28.9. The average molecular weight is 595 g/mol. The summed E-state index contributed by atoms with van der Waals surface area (Å²) >= 11 is 15.9. The number of ether oxygens (including phenoxy) is 1. The number of anilines is 1. The van der Waals surface area contributed by atoms with E-state index >= 15 is 0 Å². The van der Waals surface area contributed by atoms with Gasteiger partial charge in [-0.25, -0.2) is 4.79 Å². The number of carboxylic acid groups (broad SMARTS) is 1. The van der Waals surface area contributed by atoms with Crippen molar-refractivity contribution in [2.75, 3.05) is 16.8 Å². The number of nitrogens with one attached hydrogen (secondary N) is 2. The molecular formula is C27H29Cl2N3O4S2. The van der Waals surface area contributed by atoms with Crippen LogP contribution in [0.3, 0.4) is 0 Å². The molecule has 3 aliphatic rings. The molecule has 1 aromatic carbocycles. The summed E-state index contributed by atoms with van der Waals surface area (Å²) in [5.41, 5.74) is 2.16. The van der Waals surface area contributed by atoms with Crippen molar-refractivity contribution in [3.05, 3.63) is 69.3 Å². The fourth-order valence-electron chi connectivity index (χ4n) is 5.13. The summed E-state index contributed by atoms with van der Waals surface area (Å²) in [6.45, 7) is 0. The Bertz CT molecular complexity index is 1210. The first kappa shape index (κ1) is 27.5. The van der Waals surface area contributed by atoms with E-state index in [0.717, 1.165) is 54.2 Å². The Kier molecular flexibility index (Phi) is 8.67. The standard InChI is InChI=1S/C27H29Cl2N3O4S2/c28-18-14-30-15-19(29)21(18)24(33)31-17-7-5-16(6-8-17)13-20(25(34)35)32-23-22(26-37-11-4-12-38-26)36-27(23)9-2-1-3-10-27/h5-8,14-15,20,26,32H,1-4,9-13H2,(H,31,33)(H,34,35)/t20-/m0/s1. The molecule has 202 valence electrons. The number of amides is 1. The minimum atomic E-state index is -0.905. The predicted octanol–water partition coefficient (Wildman–Crippen LogP) is 6.37. The molecule has 1 amide bonds. The van der Waals surface area contributed by atoms with Crippen molar-refractivity contribution in [1.29, 1.82) is 0 Å². The van der Waals surface area contributed by atoms with E-state index in [-0.39, 0.29) is 25.8 Å². The van der Waals surface area contributed by atoms with Crippen LogP contribution in [0.25, 0.3) is 0 Å². The molecule has 0 radical (unpaired) electrons. The lowest BCUT2D eigenvalue weighted by atomic mass is 9.78. The van der Waals surface area contributed by atoms with Crippen molar-refractivity contribution in [2.45, 2.75) is 61.2 Å². The lowest BCUT2D eigenvalue weighted by molar-refractivity contribution is -0.140. The summed E-state index contributed by atoms with van der Waals surface area (Å²) in [7, 11) is 0. The van der Waals surface area contributed by atoms with Gasteiger partial charge in [-0.1, -0.05) is 41.8 Å². The zero-order valence-corrected chi connectivity index (χ0v) is 23.8. The molecule has 1 atom stereocenters. The predicted molar refractivity (Wildman–Crippen MR) is 154 cm³/mol. The summed E-state index contributed by atoms with van der Waals surface area (Å²) in [5, 5.41) is 16.6. The number of nitrogens with zero attached hydrogens (tertiary/aromatic N) is 1. The molecule has 0 bridgehead atoms. The van der Waals surface area contributed by atoms with E-state index in [4.69, 9.17) is 27.9 Å². The average Bonchev–Trinajstić information content (AvgIpc) is 2.91. The summed E-state index contributed by atoms with van der Waals surface area (Å²) < 4.78 is 6.70. The molecule has 0 unspecified atom stereocenters. The first-order valence-electron chi connectivity index (χ1n) is 12.7. The van der Waals surface area contributed by atoms with Crippen molar-refractivity contribution in [2.24, 2.45) is 0 Å². The van der Waals surface area contributed by atoms with Gasteiger partial charge in [-0.05, 0) is 61.3 Å². The molecule has 3 heterocycles. The second kappa shape index (κ2) is 12.0. The lowest BCUT2D eigenvalue weighted by Crippen LogP contribution is -2.55. The Labute approximate surface area is 240 Å². The van der Waals surface area contributed by atoms with Crippen molar-refractivity contribution < 1.29 is 19.4 Å². The largest absolute Gasteiger partial charge is 0.481 e. The third kappa shape index (κ3) is 5.91. The second-order valence-corrected chi connectivity index (χ2v) is 13.2. The van der Waals surface area contributed by atoms with Crippen LogP contribution in [-0.2, 0) is 16.0 Å². The fourth-order valence-corrected chi connectivity index (χ4v) is 8.50. The second-order valence-electron chi connectivity index (χ2n) is 9.69. The first-order valence-corrected chi connectivity index (χ1v) is 15.6. The molecule has 1 aliphatic carbocycles. The van der Waals surface area contributed by atoms with Gasteiger partial charge in [-0.3, -0.25) is 9.78 Å². The van der Waals surface area contributed by atoms with Gasteiger partial charge in [-0.2, -0.15) is 0 Å². The number of carbonyl (C=O) groups excluding carboxylic acids is 1. The van der Waals surface area contributed by atoms with Crippen molar-refractivity contribution in [3.63, 3.8) is 0 Å². The highest BCUT2D eigenvalue weighted by Gasteiger charge is 2.51. The van der Waals surface area contributed by atoms with Gasteiger partial charge in [0.05, 0.1) is 21.3 Å². The van der Waals surface area contributed by atoms with Crippen LogP contribution >= 0.6 is 46.7 Å².